The highest BCUT2D eigenvalue weighted by atomic mass is 16.6. The molecule has 9 heteroatoms. The smallest absolute Gasteiger partial charge is 0.411 e. The fourth-order valence-electron chi connectivity index (χ4n) is 3.99. The Labute approximate surface area is 218 Å². The zero-order valence-corrected chi connectivity index (χ0v) is 22.4. The second-order valence-corrected chi connectivity index (χ2v) is 9.86. The monoisotopic (exact) mass is 512 g/mol. The van der Waals surface area contributed by atoms with Gasteiger partial charge in [-0.15, -0.1) is 0 Å². The van der Waals surface area contributed by atoms with Gasteiger partial charge in [-0.1, -0.05) is 12.1 Å². The van der Waals surface area contributed by atoms with Crippen molar-refractivity contribution in [3.63, 3.8) is 0 Å². The lowest BCUT2D eigenvalue weighted by Gasteiger charge is -2.40. The zero-order valence-electron chi connectivity index (χ0n) is 22.4. The van der Waals surface area contributed by atoms with Crippen LogP contribution in [0.2, 0.25) is 0 Å². The third-order valence-electron chi connectivity index (χ3n) is 5.93. The van der Waals surface area contributed by atoms with Gasteiger partial charge in [-0.05, 0) is 57.5 Å². The molecule has 0 bridgehead atoms. The highest BCUT2D eigenvalue weighted by molar-refractivity contribution is 5.89. The molecule has 0 aromatic heterocycles. The maximum absolute atomic E-state index is 13.2. The van der Waals surface area contributed by atoms with Crippen LogP contribution in [0.1, 0.15) is 55.1 Å². The Balaban J connectivity index is 1.72. The van der Waals surface area contributed by atoms with E-state index in [1.54, 1.807) is 63.1 Å². The van der Waals surface area contributed by atoms with E-state index in [0.29, 0.717) is 36.8 Å². The molecule has 0 radical (unpaired) electrons. The van der Waals surface area contributed by atoms with Gasteiger partial charge in [-0.2, -0.15) is 0 Å². The summed E-state index contributed by atoms with van der Waals surface area (Å²) in [5, 5.41) is 0. The third-order valence-corrected chi connectivity index (χ3v) is 5.93. The first-order valence-corrected chi connectivity index (χ1v) is 12.3. The molecule has 2 aromatic carbocycles. The van der Waals surface area contributed by atoms with E-state index < -0.39 is 17.7 Å². The Morgan fingerprint density at radius 1 is 1.05 bits per heavy atom. The number of hydrogen-bond acceptors (Lipinski definition) is 7. The highest BCUT2D eigenvalue weighted by Gasteiger charge is 2.34. The van der Waals surface area contributed by atoms with Gasteiger partial charge in [0.2, 0.25) is 5.91 Å². The predicted octanol–water partition coefficient (Wildman–Crippen LogP) is 4.24. The first-order valence-electron chi connectivity index (χ1n) is 12.3. The molecule has 1 fully saturated rings. The quantitative estimate of drug-likeness (QED) is 0.464. The predicted molar refractivity (Wildman–Crippen MR) is 138 cm³/mol. The van der Waals surface area contributed by atoms with Crippen LogP contribution in [-0.2, 0) is 20.8 Å². The fraction of sp³-hybridized carbons (Fsp3) is 0.464. The third kappa shape index (κ3) is 7.38. The van der Waals surface area contributed by atoms with Crippen LogP contribution < -0.4 is 9.47 Å². The number of amides is 2. The van der Waals surface area contributed by atoms with E-state index >= 15 is 0 Å². The van der Waals surface area contributed by atoms with E-state index in [1.807, 2.05) is 19.1 Å². The minimum atomic E-state index is -0.715. The van der Waals surface area contributed by atoms with Crippen LogP contribution in [0.4, 0.5) is 4.79 Å². The molecule has 37 heavy (non-hydrogen) atoms. The topological polar surface area (TPSA) is 94.6 Å². The van der Waals surface area contributed by atoms with Crippen LogP contribution in [0.15, 0.2) is 42.5 Å². The number of carbonyl (C=O) groups excluding carboxylic acids is 3. The molecule has 0 saturated carbocycles. The van der Waals surface area contributed by atoms with Crippen molar-refractivity contribution in [2.24, 2.45) is 0 Å². The Bertz CT molecular complexity index is 1120. The number of carbonyl (C=O) groups is 3. The average molecular weight is 513 g/mol. The molecule has 0 aliphatic carbocycles. The molecular weight excluding hydrogens is 476 g/mol. The summed E-state index contributed by atoms with van der Waals surface area (Å²) < 4.78 is 21.4. The summed E-state index contributed by atoms with van der Waals surface area (Å²) in [7, 11) is 2.92. The van der Waals surface area contributed by atoms with E-state index in [-0.39, 0.29) is 24.9 Å². The molecule has 0 atom stereocenters. The SMILES string of the molecule is CCOc1cc(OC)ccc1CN(CC(=O)N1CC(c2cccc(C(=O)OC)c2)C1)C(=O)OC(C)(C)C. The maximum atomic E-state index is 13.2. The Morgan fingerprint density at radius 2 is 1.78 bits per heavy atom. The first kappa shape index (κ1) is 27.8. The van der Waals surface area contributed by atoms with Gasteiger partial charge in [0.25, 0.3) is 0 Å². The Kier molecular flexibility index (Phi) is 9.02. The number of esters is 1. The molecule has 1 saturated heterocycles. The zero-order chi connectivity index (χ0) is 27.2. The van der Waals surface area contributed by atoms with Crippen molar-refractivity contribution in [3.05, 3.63) is 59.2 Å². The summed E-state index contributed by atoms with van der Waals surface area (Å²) in [4.78, 5) is 41.2. The molecule has 200 valence electrons. The Hall–Kier alpha value is -3.75. The summed E-state index contributed by atoms with van der Waals surface area (Å²) in [6.45, 7) is 8.67. The average Bonchev–Trinajstić information content (AvgIpc) is 2.82. The molecule has 9 nitrogen and oxygen atoms in total. The molecule has 2 aromatic rings. The second-order valence-electron chi connectivity index (χ2n) is 9.86. The minimum Gasteiger partial charge on any atom is -0.497 e. The highest BCUT2D eigenvalue weighted by Crippen LogP contribution is 2.29. The van der Waals surface area contributed by atoms with Crippen molar-refractivity contribution in [3.8, 4) is 11.5 Å². The maximum Gasteiger partial charge on any atom is 0.411 e. The normalized spacial score (nSPS) is 13.4. The van der Waals surface area contributed by atoms with Gasteiger partial charge in [0.1, 0.15) is 23.6 Å². The van der Waals surface area contributed by atoms with Crippen molar-refractivity contribution < 1.29 is 33.3 Å². The lowest BCUT2D eigenvalue weighted by Crippen LogP contribution is -2.52. The summed E-state index contributed by atoms with van der Waals surface area (Å²) in [5.41, 5.74) is 1.47. The summed E-state index contributed by atoms with van der Waals surface area (Å²) in [5.74, 6) is 0.742. The van der Waals surface area contributed by atoms with Gasteiger partial charge < -0.3 is 23.8 Å². The molecule has 1 heterocycles. The lowest BCUT2D eigenvalue weighted by atomic mass is 9.90. The van der Waals surface area contributed by atoms with Crippen molar-refractivity contribution in [1.82, 2.24) is 9.80 Å². The van der Waals surface area contributed by atoms with Crippen LogP contribution >= 0.6 is 0 Å². The molecule has 1 aliphatic heterocycles. The fourth-order valence-corrected chi connectivity index (χ4v) is 3.99. The number of methoxy groups -OCH3 is 2. The minimum absolute atomic E-state index is 0.106. The number of nitrogens with zero attached hydrogens (tertiary/aromatic N) is 2. The second kappa shape index (κ2) is 12.0. The van der Waals surface area contributed by atoms with Gasteiger partial charge in [-0.25, -0.2) is 9.59 Å². The van der Waals surface area contributed by atoms with Crippen molar-refractivity contribution in [1.29, 1.82) is 0 Å². The van der Waals surface area contributed by atoms with E-state index in [0.717, 1.165) is 11.1 Å². The molecule has 2 amide bonds. The lowest BCUT2D eigenvalue weighted by molar-refractivity contribution is -0.137. The number of likely N-dealkylation sites (tertiary alicyclic amines) is 1. The van der Waals surface area contributed by atoms with Gasteiger partial charge in [-0.3, -0.25) is 9.69 Å². The summed E-state index contributed by atoms with van der Waals surface area (Å²) in [6, 6.07) is 12.6. The van der Waals surface area contributed by atoms with Crippen LogP contribution in [0.5, 0.6) is 11.5 Å². The Morgan fingerprint density at radius 3 is 2.41 bits per heavy atom. The van der Waals surface area contributed by atoms with Crippen LogP contribution in [0.3, 0.4) is 0 Å². The van der Waals surface area contributed by atoms with Gasteiger partial charge in [0.05, 0.1) is 32.9 Å². The number of ether oxygens (including phenoxy) is 4. The molecule has 0 unspecified atom stereocenters. The molecule has 3 rings (SSSR count). The molecule has 1 aliphatic rings. The van der Waals surface area contributed by atoms with Gasteiger partial charge >= 0.3 is 12.1 Å². The molecule has 0 N–H and O–H groups in total. The first-order chi connectivity index (χ1) is 17.5. The largest absolute Gasteiger partial charge is 0.497 e. The molecule has 0 spiro atoms. The van der Waals surface area contributed by atoms with Crippen LogP contribution in [-0.4, -0.2) is 73.8 Å². The van der Waals surface area contributed by atoms with E-state index in [1.165, 1.54) is 12.0 Å². The number of benzene rings is 2. The van der Waals surface area contributed by atoms with E-state index in [9.17, 15) is 14.4 Å². The van der Waals surface area contributed by atoms with Crippen molar-refractivity contribution >= 4 is 18.0 Å². The standard InChI is InChI=1S/C28H36N2O7/c1-7-36-24-14-23(34-5)12-11-21(24)15-30(27(33)37-28(2,3)4)18-25(31)29-16-22(17-29)19-9-8-10-20(13-19)26(32)35-6/h8-14,22H,7,15-18H2,1-6H3. The summed E-state index contributed by atoms with van der Waals surface area (Å²) in [6.07, 6.45) is -0.582. The van der Waals surface area contributed by atoms with Crippen LogP contribution in [0, 0.1) is 0 Å². The number of rotatable bonds is 9. The number of hydrogen-bond donors (Lipinski definition) is 0. The van der Waals surface area contributed by atoms with Crippen molar-refractivity contribution in [2.45, 2.75) is 45.8 Å². The van der Waals surface area contributed by atoms with Gasteiger partial charge in [0.15, 0.2) is 0 Å². The van der Waals surface area contributed by atoms with Crippen molar-refractivity contribution in [2.75, 3.05) is 40.5 Å². The molecular formula is C28H36N2O7. The van der Waals surface area contributed by atoms with Gasteiger partial charge in [0, 0.05) is 30.6 Å². The van der Waals surface area contributed by atoms with E-state index in [4.69, 9.17) is 18.9 Å². The summed E-state index contributed by atoms with van der Waals surface area (Å²) >= 11 is 0. The van der Waals surface area contributed by atoms with E-state index in [2.05, 4.69) is 0 Å². The van der Waals surface area contributed by atoms with Crippen LogP contribution in [0.25, 0.3) is 0 Å².